The van der Waals surface area contributed by atoms with E-state index in [0.29, 0.717) is 6.54 Å². The molecular formula is C17H22N2O2. The molecule has 0 radical (unpaired) electrons. The van der Waals surface area contributed by atoms with Crippen molar-refractivity contribution in [3.05, 3.63) is 53.6 Å². The number of phenolic OH excluding ortho intramolecular Hbond substituents is 2. The van der Waals surface area contributed by atoms with Gasteiger partial charge in [0.25, 0.3) is 0 Å². The largest absolute Gasteiger partial charge is 0.504 e. The summed E-state index contributed by atoms with van der Waals surface area (Å²) >= 11 is 0. The number of aryl methyl sites for hydroxylation is 1. The molecule has 4 heteroatoms. The SMILES string of the molecule is CCN(c1ccccc1C)C(CN)c1ccc(O)c(O)c1. The summed E-state index contributed by atoms with van der Waals surface area (Å²) in [6.45, 7) is 5.37. The van der Waals surface area contributed by atoms with E-state index < -0.39 is 0 Å². The molecule has 0 saturated heterocycles. The van der Waals surface area contributed by atoms with Crippen molar-refractivity contribution in [3.63, 3.8) is 0 Å². The van der Waals surface area contributed by atoms with Gasteiger partial charge in [0.1, 0.15) is 0 Å². The highest BCUT2D eigenvalue weighted by molar-refractivity contribution is 5.55. The molecule has 0 spiro atoms. The number of phenols is 2. The maximum absolute atomic E-state index is 9.71. The van der Waals surface area contributed by atoms with Crippen LogP contribution in [-0.2, 0) is 0 Å². The topological polar surface area (TPSA) is 69.7 Å². The Labute approximate surface area is 125 Å². The van der Waals surface area contributed by atoms with Crippen molar-refractivity contribution in [2.45, 2.75) is 19.9 Å². The van der Waals surface area contributed by atoms with E-state index in [9.17, 15) is 10.2 Å². The molecule has 0 bridgehead atoms. The fourth-order valence-corrected chi connectivity index (χ4v) is 2.64. The van der Waals surface area contributed by atoms with Gasteiger partial charge in [-0.2, -0.15) is 0 Å². The Balaban J connectivity index is 2.42. The second-order valence-corrected chi connectivity index (χ2v) is 5.07. The van der Waals surface area contributed by atoms with E-state index in [1.54, 1.807) is 12.1 Å². The molecule has 2 aromatic rings. The number of aromatic hydroxyl groups is 2. The predicted molar refractivity (Wildman–Crippen MR) is 85.8 cm³/mol. The molecule has 2 rings (SSSR count). The molecule has 0 amide bonds. The molecule has 0 aromatic heterocycles. The van der Waals surface area contributed by atoms with Crippen molar-refractivity contribution < 1.29 is 10.2 Å². The van der Waals surface area contributed by atoms with Gasteiger partial charge in [0.2, 0.25) is 0 Å². The number of rotatable bonds is 5. The van der Waals surface area contributed by atoms with Gasteiger partial charge >= 0.3 is 0 Å². The van der Waals surface area contributed by atoms with Crippen molar-refractivity contribution in [1.82, 2.24) is 0 Å². The Hall–Kier alpha value is -2.20. The third-order valence-electron chi connectivity index (χ3n) is 3.75. The maximum atomic E-state index is 9.71. The first-order valence-electron chi connectivity index (χ1n) is 7.12. The number of likely N-dealkylation sites (N-methyl/N-ethyl adjacent to an activating group) is 1. The first-order chi connectivity index (χ1) is 10.1. The van der Waals surface area contributed by atoms with E-state index in [1.807, 2.05) is 12.1 Å². The Morgan fingerprint density at radius 2 is 1.81 bits per heavy atom. The predicted octanol–water partition coefficient (Wildman–Crippen LogP) is 2.93. The zero-order valence-electron chi connectivity index (χ0n) is 12.5. The average Bonchev–Trinajstić information content (AvgIpc) is 2.49. The van der Waals surface area contributed by atoms with Crippen molar-refractivity contribution in [3.8, 4) is 11.5 Å². The van der Waals surface area contributed by atoms with Gasteiger partial charge in [-0.25, -0.2) is 0 Å². The number of hydrogen-bond acceptors (Lipinski definition) is 4. The van der Waals surface area contributed by atoms with Crippen LogP contribution in [-0.4, -0.2) is 23.3 Å². The molecule has 21 heavy (non-hydrogen) atoms. The van der Waals surface area contributed by atoms with Gasteiger partial charge in [-0.05, 0) is 43.2 Å². The Morgan fingerprint density at radius 1 is 1.10 bits per heavy atom. The minimum atomic E-state index is -0.119. The van der Waals surface area contributed by atoms with Crippen molar-refractivity contribution >= 4 is 5.69 Å². The summed E-state index contributed by atoms with van der Waals surface area (Å²) in [5, 5.41) is 19.2. The van der Waals surface area contributed by atoms with Crippen LogP contribution in [0.25, 0.3) is 0 Å². The fraction of sp³-hybridized carbons (Fsp3) is 0.294. The lowest BCUT2D eigenvalue weighted by molar-refractivity contribution is 0.402. The first kappa shape index (κ1) is 15.2. The lowest BCUT2D eigenvalue weighted by Gasteiger charge is -2.33. The van der Waals surface area contributed by atoms with Crippen LogP contribution in [0.5, 0.6) is 11.5 Å². The maximum Gasteiger partial charge on any atom is 0.157 e. The smallest absolute Gasteiger partial charge is 0.157 e. The number of nitrogens with two attached hydrogens (primary N) is 1. The molecule has 2 aromatic carbocycles. The van der Waals surface area contributed by atoms with Gasteiger partial charge in [-0.3, -0.25) is 0 Å². The van der Waals surface area contributed by atoms with Crippen LogP contribution < -0.4 is 10.6 Å². The molecule has 0 saturated carbocycles. The van der Waals surface area contributed by atoms with Gasteiger partial charge in [0, 0.05) is 18.8 Å². The van der Waals surface area contributed by atoms with E-state index in [0.717, 1.165) is 17.8 Å². The zero-order chi connectivity index (χ0) is 15.4. The molecule has 1 atom stereocenters. The first-order valence-corrected chi connectivity index (χ1v) is 7.12. The number of hydrogen-bond donors (Lipinski definition) is 3. The lowest BCUT2D eigenvalue weighted by Crippen LogP contribution is -2.34. The van der Waals surface area contributed by atoms with Crippen LogP contribution >= 0.6 is 0 Å². The van der Waals surface area contributed by atoms with Crippen molar-refractivity contribution in [2.75, 3.05) is 18.0 Å². The van der Waals surface area contributed by atoms with E-state index >= 15 is 0 Å². The van der Waals surface area contributed by atoms with Gasteiger partial charge in [0.05, 0.1) is 6.04 Å². The molecule has 0 heterocycles. The second-order valence-electron chi connectivity index (χ2n) is 5.07. The minimum absolute atomic E-state index is 0.0531. The van der Waals surface area contributed by atoms with E-state index in [1.165, 1.54) is 11.6 Å². The summed E-state index contributed by atoms with van der Waals surface area (Å²) in [4.78, 5) is 2.21. The molecule has 4 N–H and O–H groups in total. The van der Waals surface area contributed by atoms with E-state index in [2.05, 4.69) is 30.9 Å². The number of anilines is 1. The van der Waals surface area contributed by atoms with Gasteiger partial charge < -0.3 is 20.8 Å². The van der Waals surface area contributed by atoms with Crippen LogP contribution in [0.1, 0.15) is 24.1 Å². The highest BCUT2D eigenvalue weighted by atomic mass is 16.3. The molecule has 1 unspecified atom stereocenters. The molecule has 112 valence electrons. The summed E-state index contributed by atoms with van der Waals surface area (Å²) < 4.78 is 0. The summed E-state index contributed by atoms with van der Waals surface area (Å²) in [5.74, 6) is -0.236. The Morgan fingerprint density at radius 3 is 2.38 bits per heavy atom. The highest BCUT2D eigenvalue weighted by Gasteiger charge is 2.20. The summed E-state index contributed by atoms with van der Waals surface area (Å²) in [7, 11) is 0. The zero-order valence-corrected chi connectivity index (χ0v) is 12.5. The van der Waals surface area contributed by atoms with Crippen LogP contribution in [0.2, 0.25) is 0 Å². The van der Waals surface area contributed by atoms with Gasteiger partial charge in [-0.15, -0.1) is 0 Å². The van der Waals surface area contributed by atoms with Crippen LogP contribution in [0.15, 0.2) is 42.5 Å². The highest BCUT2D eigenvalue weighted by Crippen LogP contribution is 2.33. The molecule has 0 aliphatic carbocycles. The molecule has 0 fully saturated rings. The monoisotopic (exact) mass is 286 g/mol. The third kappa shape index (κ3) is 3.11. The number of benzene rings is 2. The summed E-state index contributed by atoms with van der Waals surface area (Å²) in [5.41, 5.74) is 9.17. The Bertz CT molecular complexity index is 613. The number of para-hydroxylation sites is 1. The van der Waals surface area contributed by atoms with Gasteiger partial charge in [-0.1, -0.05) is 24.3 Å². The van der Waals surface area contributed by atoms with Crippen LogP contribution in [0.4, 0.5) is 5.69 Å². The average molecular weight is 286 g/mol. The van der Waals surface area contributed by atoms with E-state index in [4.69, 9.17) is 5.73 Å². The third-order valence-corrected chi connectivity index (χ3v) is 3.75. The lowest BCUT2D eigenvalue weighted by atomic mass is 10.0. The summed E-state index contributed by atoms with van der Waals surface area (Å²) in [6.07, 6.45) is 0. The molecule has 0 aliphatic heterocycles. The molecule has 0 aliphatic rings. The van der Waals surface area contributed by atoms with Gasteiger partial charge in [0.15, 0.2) is 11.5 Å². The van der Waals surface area contributed by atoms with Crippen molar-refractivity contribution in [2.24, 2.45) is 5.73 Å². The standard InChI is InChI=1S/C17H22N2O2/c1-3-19(14-7-5-4-6-12(14)2)15(11-18)13-8-9-16(20)17(21)10-13/h4-10,15,20-21H,3,11,18H2,1-2H3. The van der Waals surface area contributed by atoms with Crippen LogP contribution in [0.3, 0.4) is 0 Å². The normalized spacial score (nSPS) is 12.1. The molecule has 4 nitrogen and oxygen atoms in total. The van der Waals surface area contributed by atoms with Crippen molar-refractivity contribution in [1.29, 1.82) is 0 Å². The van der Waals surface area contributed by atoms with Crippen LogP contribution in [0, 0.1) is 6.92 Å². The minimum Gasteiger partial charge on any atom is -0.504 e. The Kier molecular flexibility index (Phi) is 4.70. The summed E-state index contributed by atoms with van der Waals surface area (Å²) in [6, 6.07) is 13.0. The fourth-order valence-electron chi connectivity index (χ4n) is 2.64. The van der Waals surface area contributed by atoms with E-state index in [-0.39, 0.29) is 17.5 Å². The second kappa shape index (κ2) is 6.50. The molecular weight excluding hydrogens is 264 g/mol. The quantitative estimate of drug-likeness (QED) is 0.739. The number of nitrogens with zero attached hydrogens (tertiary/aromatic N) is 1.